The fourth-order valence-corrected chi connectivity index (χ4v) is 3.36. The molecule has 2 heterocycles. The number of nitrogens with zero attached hydrogens (tertiary/aromatic N) is 2. The molecule has 0 bridgehead atoms. The maximum absolute atomic E-state index is 12.4. The first-order chi connectivity index (χ1) is 17.2. The van der Waals surface area contributed by atoms with E-state index in [0.29, 0.717) is 28.3 Å². The fraction of sp³-hybridized carbons (Fsp3) is 0.0833. The molecule has 2 amide bonds. The highest BCUT2D eigenvalue weighted by molar-refractivity contribution is 6.04. The highest BCUT2D eigenvalue weighted by atomic mass is 19.4. The number of aromatic nitrogens is 3. The molecule has 9 nitrogen and oxygen atoms in total. The number of benzene rings is 2. The van der Waals surface area contributed by atoms with E-state index >= 15 is 0 Å². The molecule has 0 aliphatic rings. The number of rotatable bonds is 8. The lowest BCUT2D eigenvalue weighted by Gasteiger charge is -2.10. The number of aromatic amines is 1. The van der Waals surface area contributed by atoms with Crippen LogP contribution in [0.25, 0.3) is 11.3 Å². The molecule has 0 saturated carbocycles. The predicted molar refractivity (Wildman–Crippen MR) is 126 cm³/mol. The SMILES string of the molecule is NC(=O)c1c(Nc2ccccn2)n[nH]c1-c1ccc(NC(=O)Cc2ccc(OC(F)(F)F)cc2)cc1. The second kappa shape index (κ2) is 10.2. The normalized spacial score (nSPS) is 11.1. The third-order valence-corrected chi connectivity index (χ3v) is 4.90. The molecule has 0 spiro atoms. The van der Waals surface area contributed by atoms with Gasteiger partial charge in [-0.3, -0.25) is 14.7 Å². The molecule has 12 heteroatoms. The molecule has 2 aromatic heterocycles. The monoisotopic (exact) mass is 496 g/mol. The molecule has 0 aliphatic heterocycles. The van der Waals surface area contributed by atoms with Crippen LogP contribution < -0.4 is 21.1 Å². The number of anilines is 3. The summed E-state index contributed by atoms with van der Waals surface area (Å²) in [6, 6.07) is 16.9. The molecule has 0 unspecified atom stereocenters. The number of halogens is 3. The number of carbonyl (C=O) groups is 2. The minimum atomic E-state index is -4.78. The number of hydrogen-bond donors (Lipinski definition) is 4. The zero-order chi connectivity index (χ0) is 25.7. The zero-order valence-corrected chi connectivity index (χ0v) is 18.5. The standard InChI is InChI=1S/C24H19F3N6O3/c25-24(26,27)36-17-10-4-14(5-11-17)13-19(34)30-16-8-6-15(7-9-16)21-20(22(28)35)23(33-32-21)31-18-3-1-2-12-29-18/h1-12H,13H2,(H2,28,35)(H,30,34)(H2,29,31,32,33). The Balaban J connectivity index is 1.42. The molecule has 36 heavy (non-hydrogen) atoms. The van der Waals surface area contributed by atoms with Gasteiger partial charge in [-0.05, 0) is 42.0 Å². The van der Waals surface area contributed by atoms with Crippen LogP contribution in [0.1, 0.15) is 15.9 Å². The maximum Gasteiger partial charge on any atom is 0.573 e. The Labute approximate surface area is 202 Å². The van der Waals surface area contributed by atoms with Gasteiger partial charge in [0.2, 0.25) is 5.91 Å². The Hall–Kier alpha value is -4.87. The van der Waals surface area contributed by atoms with Crippen LogP contribution in [0.2, 0.25) is 0 Å². The quantitative estimate of drug-likeness (QED) is 0.286. The lowest BCUT2D eigenvalue weighted by Crippen LogP contribution is -2.17. The smallest absolute Gasteiger partial charge is 0.406 e. The first-order valence-electron chi connectivity index (χ1n) is 10.5. The average molecular weight is 496 g/mol. The van der Waals surface area contributed by atoms with E-state index in [1.165, 1.54) is 12.1 Å². The molecule has 0 radical (unpaired) electrons. The van der Waals surface area contributed by atoms with Gasteiger partial charge in [0.25, 0.3) is 5.91 Å². The molecule has 0 atom stereocenters. The summed E-state index contributed by atoms with van der Waals surface area (Å²) >= 11 is 0. The van der Waals surface area contributed by atoms with Crippen molar-refractivity contribution in [3.8, 4) is 17.0 Å². The van der Waals surface area contributed by atoms with E-state index in [4.69, 9.17) is 5.73 Å². The third-order valence-electron chi connectivity index (χ3n) is 4.90. The summed E-state index contributed by atoms with van der Waals surface area (Å²) in [5, 5.41) is 12.6. The van der Waals surface area contributed by atoms with Crippen molar-refractivity contribution in [3.05, 3.63) is 84.1 Å². The van der Waals surface area contributed by atoms with Gasteiger partial charge in [-0.15, -0.1) is 13.2 Å². The van der Waals surface area contributed by atoms with Crippen molar-refractivity contribution < 1.29 is 27.5 Å². The topological polar surface area (TPSA) is 135 Å². The number of hydrogen-bond acceptors (Lipinski definition) is 6. The zero-order valence-electron chi connectivity index (χ0n) is 18.5. The lowest BCUT2D eigenvalue weighted by molar-refractivity contribution is -0.274. The first-order valence-corrected chi connectivity index (χ1v) is 10.5. The van der Waals surface area contributed by atoms with E-state index in [2.05, 4.69) is 30.6 Å². The lowest BCUT2D eigenvalue weighted by atomic mass is 10.1. The Kier molecular flexibility index (Phi) is 6.86. The van der Waals surface area contributed by atoms with Crippen molar-refractivity contribution in [2.45, 2.75) is 12.8 Å². The van der Waals surface area contributed by atoms with E-state index in [0.717, 1.165) is 12.1 Å². The van der Waals surface area contributed by atoms with E-state index in [-0.39, 0.29) is 29.5 Å². The number of H-pyrrole nitrogens is 1. The van der Waals surface area contributed by atoms with Crippen LogP contribution in [0.4, 0.5) is 30.5 Å². The minimum Gasteiger partial charge on any atom is -0.406 e. The molecular formula is C24H19F3N6O3. The van der Waals surface area contributed by atoms with Crippen LogP contribution >= 0.6 is 0 Å². The Morgan fingerprint density at radius 3 is 2.33 bits per heavy atom. The van der Waals surface area contributed by atoms with Crippen molar-refractivity contribution in [2.75, 3.05) is 10.6 Å². The van der Waals surface area contributed by atoms with Gasteiger partial charge in [-0.25, -0.2) is 4.98 Å². The van der Waals surface area contributed by atoms with Crippen LogP contribution in [-0.4, -0.2) is 33.4 Å². The van der Waals surface area contributed by atoms with Crippen molar-refractivity contribution in [2.24, 2.45) is 5.73 Å². The minimum absolute atomic E-state index is 0.0526. The summed E-state index contributed by atoms with van der Waals surface area (Å²) in [6.45, 7) is 0. The number of alkyl halides is 3. The van der Waals surface area contributed by atoms with E-state index < -0.39 is 12.3 Å². The summed E-state index contributed by atoms with van der Waals surface area (Å²) in [5.74, 6) is -0.719. The third kappa shape index (κ3) is 6.17. The number of primary amides is 1. The number of carbonyl (C=O) groups excluding carboxylic acids is 2. The molecule has 184 valence electrons. The van der Waals surface area contributed by atoms with Crippen LogP contribution in [0.5, 0.6) is 5.75 Å². The molecule has 2 aromatic carbocycles. The van der Waals surface area contributed by atoms with Gasteiger partial charge in [0, 0.05) is 17.4 Å². The van der Waals surface area contributed by atoms with Gasteiger partial charge in [0.15, 0.2) is 5.82 Å². The molecule has 4 rings (SSSR count). The molecular weight excluding hydrogens is 477 g/mol. The van der Waals surface area contributed by atoms with Crippen LogP contribution in [0, 0.1) is 0 Å². The fourth-order valence-electron chi connectivity index (χ4n) is 3.36. The average Bonchev–Trinajstić information content (AvgIpc) is 3.24. The molecule has 0 saturated heterocycles. The number of nitrogens with one attached hydrogen (secondary N) is 3. The van der Waals surface area contributed by atoms with Gasteiger partial charge in [-0.2, -0.15) is 5.10 Å². The largest absolute Gasteiger partial charge is 0.573 e. The Bertz CT molecular complexity index is 1350. The summed E-state index contributed by atoms with van der Waals surface area (Å²) in [7, 11) is 0. The number of pyridine rings is 1. The van der Waals surface area contributed by atoms with Gasteiger partial charge >= 0.3 is 6.36 Å². The first kappa shape index (κ1) is 24.3. The Morgan fingerprint density at radius 1 is 1.00 bits per heavy atom. The van der Waals surface area contributed by atoms with Gasteiger partial charge in [0.1, 0.15) is 17.1 Å². The van der Waals surface area contributed by atoms with Crippen molar-refractivity contribution in [1.29, 1.82) is 0 Å². The number of ether oxygens (including phenoxy) is 1. The van der Waals surface area contributed by atoms with Crippen LogP contribution in [-0.2, 0) is 11.2 Å². The second-order valence-electron chi connectivity index (χ2n) is 7.52. The second-order valence-corrected chi connectivity index (χ2v) is 7.52. The van der Waals surface area contributed by atoms with Crippen molar-refractivity contribution in [3.63, 3.8) is 0 Å². The molecule has 0 fully saturated rings. The summed E-state index contributed by atoms with van der Waals surface area (Å²) in [5.41, 5.74) is 7.71. The van der Waals surface area contributed by atoms with Gasteiger partial charge < -0.3 is 21.1 Å². The molecule has 5 N–H and O–H groups in total. The van der Waals surface area contributed by atoms with Crippen molar-refractivity contribution in [1.82, 2.24) is 15.2 Å². The van der Waals surface area contributed by atoms with E-state index in [9.17, 15) is 22.8 Å². The van der Waals surface area contributed by atoms with Crippen molar-refractivity contribution >= 4 is 29.1 Å². The summed E-state index contributed by atoms with van der Waals surface area (Å²) < 4.78 is 40.6. The number of amides is 2. The van der Waals surface area contributed by atoms with Gasteiger partial charge in [0.05, 0.1) is 12.1 Å². The molecule has 0 aliphatic carbocycles. The van der Waals surface area contributed by atoms with E-state index in [1.54, 1.807) is 48.7 Å². The highest BCUT2D eigenvalue weighted by Gasteiger charge is 2.31. The van der Waals surface area contributed by atoms with E-state index in [1.807, 2.05) is 0 Å². The maximum atomic E-state index is 12.4. The summed E-state index contributed by atoms with van der Waals surface area (Å²) in [6.07, 6.45) is -3.25. The van der Waals surface area contributed by atoms with Gasteiger partial charge in [-0.1, -0.05) is 30.3 Å². The highest BCUT2D eigenvalue weighted by Crippen LogP contribution is 2.29. The Morgan fingerprint density at radius 2 is 1.72 bits per heavy atom. The number of nitrogens with two attached hydrogens (primary N) is 1. The van der Waals surface area contributed by atoms with Crippen LogP contribution in [0.3, 0.4) is 0 Å². The molecule has 4 aromatic rings. The predicted octanol–water partition coefficient (Wildman–Crippen LogP) is 4.39. The van der Waals surface area contributed by atoms with Crippen LogP contribution in [0.15, 0.2) is 72.9 Å². The summed E-state index contributed by atoms with van der Waals surface area (Å²) in [4.78, 5) is 28.6.